The van der Waals surface area contributed by atoms with Crippen molar-refractivity contribution in [1.82, 2.24) is 4.72 Å². The van der Waals surface area contributed by atoms with Crippen LogP contribution in [0.5, 0.6) is 0 Å². The van der Waals surface area contributed by atoms with Gasteiger partial charge in [0.05, 0.1) is 5.60 Å². The molecule has 0 saturated carbocycles. The van der Waals surface area contributed by atoms with Crippen LogP contribution in [0.3, 0.4) is 0 Å². The second-order valence-corrected chi connectivity index (χ2v) is 5.20. The molecule has 2 N–H and O–H groups in total. The third-order valence-corrected chi connectivity index (χ3v) is 3.28. The van der Waals surface area contributed by atoms with Crippen LogP contribution < -0.4 is 4.72 Å². The van der Waals surface area contributed by atoms with Crippen molar-refractivity contribution in [3.63, 3.8) is 0 Å². The lowest BCUT2D eigenvalue weighted by Crippen LogP contribution is -2.47. The van der Waals surface area contributed by atoms with Gasteiger partial charge in [-0.25, -0.2) is 13.1 Å². The molecule has 0 bridgehead atoms. The standard InChI is InChI=1S/C7H13F2NO4S/c8-6(9)15(12,13)10-5-7(11)1-3-14-4-2-7/h6,10-11H,1-5H2. The molecule has 1 aliphatic rings. The summed E-state index contributed by atoms with van der Waals surface area (Å²) in [7, 11) is -4.62. The molecule has 1 rings (SSSR count). The van der Waals surface area contributed by atoms with Crippen molar-refractivity contribution in [3.05, 3.63) is 0 Å². The molecule has 0 aromatic carbocycles. The van der Waals surface area contributed by atoms with Gasteiger partial charge in [0.25, 0.3) is 10.0 Å². The summed E-state index contributed by atoms with van der Waals surface area (Å²) in [6.07, 6.45) is 0.470. The fourth-order valence-electron chi connectivity index (χ4n) is 1.23. The number of ether oxygens (including phenoxy) is 1. The van der Waals surface area contributed by atoms with Crippen LogP contribution >= 0.6 is 0 Å². The van der Waals surface area contributed by atoms with Crippen molar-refractivity contribution < 1.29 is 27.0 Å². The number of nitrogens with one attached hydrogen (secondary N) is 1. The van der Waals surface area contributed by atoms with E-state index in [2.05, 4.69) is 0 Å². The highest BCUT2D eigenvalue weighted by atomic mass is 32.2. The molecule has 1 heterocycles. The Kier molecular flexibility index (Phi) is 3.99. The predicted octanol–water partition coefficient (Wildman–Crippen LogP) is -0.330. The largest absolute Gasteiger partial charge is 0.388 e. The summed E-state index contributed by atoms with van der Waals surface area (Å²) in [5.74, 6) is -3.47. The monoisotopic (exact) mass is 245 g/mol. The molecule has 15 heavy (non-hydrogen) atoms. The molecule has 1 fully saturated rings. The zero-order valence-corrected chi connectivity index (χ0v) is 8.77. The van der Waals surface area contributed by atoms with Gasteiger partial charge >= 0.3 is 5.76 Å². The molecule has 90 valence electrons. The first kappa shape index (κ1) is 12.8. The number of alkyl halides is 2. The first-order valence-electron chi connectivity index (χ1n) is 4.42. The van der Waals surface area contributed by atoms with Crippen LogP contribution in [-0.4, -0.2) is 44.6 Å². The molecule has 0 aromatic heterocycles. The molecule has 0 amide bonds. The second kappa shape index (κ2) is 4.69. The maximum absolute atomic E-state index is 11.9. The Balaban J connectivity index is 2.48. The van der Waals surface area contributed by atoms with Crippen LogP contribution in [0.15, 0.2) is 0 Å². The third-order valence-electron chi connectivity index (χ3n) is 2.26. The van der Waals surface area contributed by atoms with Crippen molar-refractivity contribution in [1.29, 1.82) is 0 Å². The Hall–Kier alpha value is -0.310. The average Bonchev–Trinajstić information content (AvgIpc) is 2.16. The highest BCUT2D eigenvalue weighted by molar-refractivity contribution is 7.89. The Morgan fingerprint density at radius 1 is 1.40 bits per heavy atom. The molecule has 1 saturated heterocycles. The SMILES string of the molecule is O=S(=O)(NCC1(O)CCOCC1)C(F)F. The van der Waals surface area contributed by atoms with E-state index in [1.54, 1.807) is 4.72 Å². The van der Waals surface area contributed by atoms with Gasteiger partial charge < -0.3 is 9.84 Å². The summed E-state index contributed by atoms with van der Waals surface area (Å²) in [5, 5.41) is 9.76. The van der Waals surface area contributed by atoms with Gasteiger partial charge in [-0.15, -0.1) is 0 Å². The summed E-state index contributed by atoms with van der Waals surface area (Å²) < 4.78 is 51.9. The van der Waals surface area contributed by atoms with Gasteiger partial charge in [0.1, 0.15) is 0 Å². The maximum Gasteiger partial charge on any atom is 0.350 e. The van der Waals surface area contributed by atoms with Gasteiger partial charge in [0.15, 0.2) is 0 Å². The van der Waals surface area contributed by atoms with Crippen molar-refractivity contribution in [3.8, 4) is 0 Å². The van der Waals surface area contributed by atoms with E-state index in [-0.39, 0.29) is 12.8 Å². The zero-order chi connectivity index (χ0) is 11.5. The Morgan fingerprint density at radius 3 is 2.40 bits per heavy atom. The van der Waals surface area contributed by atoms with Crippen molar-refractivity contribution in [2.45, 2.75) is 24.2 Å². The number of hydrogen-bond acceptors (Lipinski definition) is 4. The third kappa shape index (κ3) is 3.63. The van der Waals surface area contributed by atoms with E-state index in [0.717, 1.165) is 0 Å². The van der Waals surface area contributed by atoms with Gasteiger partial charge in [-0.05, 0) is 0 Å². The summed E-state index contributed by atoms with van der Waals surface area (Å²) in [5.41, 5.74) is -1.28. The number of hydrogen-bond donors (Lipinski definition) is 2. The van der Waals surface area contributed by atoms with Crippen LogP contribution in [0.25, 0.3) is 0 Å². The van der Waals surface area contributed by atoms with Crippen molar-refractivity contribution >= 4 is 10.0 Å². The molecule has 8 heteroatoms. The fourth-order valence-corrected chi connectivity index (χ4v) is 1.82. The van der Waals surface area contributed by atoms with Crippen LogP contribution in [-0.2, 0) is 14.8 Å². The lowest BCUT2D eigenvalue weighted by molar-refractivity contribution is -0.0590. The molecule has 0 atom stereocenters. The lowest BCUT2D eigenvalue weighted by atomic mass is 9.95. The molecule has 0 aliphatic carbocycles. The van der Waals surface area contributed by atoms with Gasteiger partial charge in [0.2, 0.25) is 0 Å². The quantitative estimate of drug-likeness (QED) is 0.711. The fraction of sp³-hybridized carbons (Fsp3) is 1.00. The number of aliphatic hydroxyl groups is 1. The molecule has 0 spiro atoms. The Morgan fingerprint density at radius 2 is 1.93 bits per heavy atom. The molecule has 0 unspecified atom stereocenters. The van der Waals surface area contributed by atoms with E-state index in [0.29, 0.717) is 13.2 Å². The molecular formula is C7H13F2NO4S. The number of sulfonamides is 1. The molecule has 5 nitrogen and oxygen atoms in total. The summed E-state index contributed by atoms with van der Waals surface area (Å²) >= 11 is 0. The van der Waals surface area contributed by atoms with E-state index < -0.39 is 27.9 Å². The minimum Gasteiger partial charge on any atom is -0.388 e. The van der Waals surface area contributed by atoms with Gasteiger partial charge in [-0.2, -0.15) is 8.78 Å². The van der Waals surface area contributed by atoms with E-state index in [4.69, 9.17) is 4.74 Å². The highest BCUT2D eigenvalue weighted by Crippen LogP contribution is 2.19. The van der Waals surface area contributed by atoms with Crippen LogP contribution in [0, 0.1) is 0 Å². The number of halogens is 2. The smallest absolute Gasteiger partial charge is 0.350 e. The number of rotatable bonds is 4. The first-order chi connectivity index (χ1) is 6.86. The van der Waals surface area contributed by atoms with E-state index in [1.165, 1.54) is 0 Å². The lowest BCUT2D eigenvalue weighted by Gasteiger charge is -2.31. The molecular weight excluding hydrogens is 232 g/mol. The van der Waals surface area contributed by atoms with Gasteiger partial charge in [0, 0.05) is 32.6 Å². The molecule has 0 aromatic rings. The van der Waals surface area contributed by atoms with Crippen LogP contribution in [0.2, 0.25) is 0 Å². The van der Waals surface area contributed by atoms with Crippen LogP contribution in [0.4, 0.5) is 8.78 Å². The summed E-state index contributed by atoms with van der Waals surface area (Å²) in [6.45, 7) is 0.197. The molecule has 0 radical (unpaired) electrons. The summed E-state index contributed by atoms with van der Waals surface area (Å²) in [6, 6.07) is 0. The normalized spacial score (nSPS) is 21.9. The topological polar surface area (TPSA) is 75.6 Å². The zero-order valence-electron chi connectivity index (χ0n) is 7.95. The van der Waals surface area contributed by atoms with Gasteiger partial charge in [-0.1, -0.05) is 0 Å². The first-order valence-corrected chi connectivity index (χ1v) is 5.97. The maximum atomic E-state index is 11.9. The van der Waals surface area contributed by atoms with Crippen molar-refractivity contribution in [2.24, 2.45) is 0 Å². The average molecular weight is 245 g/mol. The van der Waals surface area contributed by atoms with Crippen molar-refractivity contribution in [2.75, 3.05) is 19.8 Å². The van der Waals surface area contributed by atoms with E-state index in [1.807, 2.05) is 0 Å². The van der Waals surface area contributed by atoms with Gasteiger partial charge in [-0.3, -0.25) is 0 Å². The predicted molar refractivity (Wildman–Crippen MR) is 47.9 cm³/mol. The second-order valence-electron chi connectivity index (χ2n) is 3.46. The minimum absolute atomic E-state index is 0.235. The molecule has 1 aliphatic heterocycles. The summed E-state index contributed by atoms with van der Waals surface area (Å²) in [4.78, 5) is 0. The van der Waals surface area contributed by atoms with E-state index in [9.17, 15) is 22.3 Å². The Bertz CT molecular complexity index is 300. The van der Waals surface area contributed by atoms with E-state index >= 15 is 0 Å². The Labute approximate surface area is 86.5 Å². The minimum atomic E-state index is -4.62. The van der Waals surface area contributed by atoms with Crippen LogP contribution in [0.1, 0.15) is 12.8 Å². The highest BCUT2D eigenvalue weighted by Gasteiger charge is 2.33.